The van der Waals surface area contributed by atoms with Gasteiger partial charge in [0.15, 0.2) is 0 Å². The van der Waals surface area contributed by atoms with Crippen molar-refractivity contribution in [2.24, 2.45) is 0 Å². The Morgan fingerprint density at radius 3 is 1.89 bits per heavy atom. The lowest BCUT2D eigenvalue weighted by Crippen LogP contribution is -2.31. The average molecular weight is 253 g/mol. The first-order valence-electron chi connectivity index (χ1n) is 5.01. The van der Waals surface area contributed by atoms with E-state index in [0.717, 1.165) is 4.90 Å². The second-order valence-corrected chi connectivity index (χ2v) is 2.88. The van der Waals surface area contributed by atoms with E-state index in [2.05, 4.69) is 9.72 Å². The number of carbonyl (C=O) groups excluding carboxylic acids is 2. The van der Waals surface area contributed by atoms with Crippen molar-refractivity contribution in [2.75, 3.05) is 21.0 Å². The quantitative estimate of drug-likeness (QED) is 0.743. The molecule has 0 fully saturated rings. The average Bonchev–Trinajstić information content (AvgIpc) is 2.76. The van der Waals surface area contributed by atoms with Gasteiger partial charge in [0.1, 0.15) is 6.73 Å². The fraction of sp³-hybridized carbons (Fsp3) is 0.250. The minimum Gasteiger partial charge on any atom is -0.364 e. The molecule has 0 saturated carbocycles. The second-order valence-electron chi connectivity index (χ2n) is 2.88. The van der Waals surface area contributed by atoms with Crippen molar-refractivity contribution in [1.29, 1.82) is 0 Å². The molecule has 1 aliphatic rings. The highest BCUT2D eigenvalue weighted by atomic mass is 18.2. The van der Waals surface area contributed by atoms with Crippen LogP contribution < -0.4 is 0 Å². The monoisotopic (exact) mass is 253 g/mol. The number of rotatable bonds is 2. The Bertz CT molecular complexity index is 337. The third-order valence-corrected chi connectivity index (χ3v) is 1.73. The number of methoxy groups -OCH3 is 1. The molecule has 18 heavy (non-hydrogen) atoms. The molecule has 2 amide bonds. The molecule has 1 aromatic heterocycles. The van der Waals surface area contributed by atoms with Crippen LogP contribution in [0, 0.1) is 0 Å². The van der Waals surface area contributed by atoms with Crippen LogP contribution in [-0.2, 0) is 14.3 Å². The number of halogens is 1. The number of aromatic nitrogens is 1. The van der Waals surface area contributed by atoms with Crippen LogP contribution >= 0.6 is 0 Å². The van der Waals surface area contributed by atoms with Gasteiger partial charge < -0.3 is 4.74 Å². The maximum absolute atomic E-state index is 10.7. The Morgan fingerprint density at radius 1 is 1.11 bits per heavy atom. The number of hydrogen-bond donors (Lipinski definition) is 0. The summed E-state index contributed by atoms with van der Waals surface area (Å²) in [5.41, 5.74) is 0. The summed E-state index contributed by atoms with van der Waals surface area (Å²) in [4.78, 5) is 26.2. The lowest BCUT2D eigenvalue weighted by Gasteiger charge is -2.10. The molecule has 0 unspecified atom stereocenters. The summed E-state index contributed by atoms with van der Waals surface area (Å²) in [5.74, 6) is -0.626. The highest BCUT2D eigenvalue weighted by molar-refractivity contribution is 6.12. The smallest absolute Gasteiger partial charge is 0.255 e. The number of alkyl halides is 1. The summed E-state index contributed by atoms with van der Waals surface area (Å²) in [5, 5.41) is 0. The van der Waals surface area contributed by atoms with Crippen LogP contribution in [0.4, 0.5) is 4.39 Å². The molecule has 1 aromatic rings. The Hall–Kier alpha value is -2.08. The molecule has 0 bridgehead atoms. The van der Waals surface area contributed by atoms with E-state index >= 15 is 0 Å². The lowest BCUT2D eigenvalue weighted by atomic mass is 10.5. The molecule has 1 aliphatic heterocycles. The highest BCUT2D eigenvalue weighted by Gasteiger charge is 2.22. The summed E-state index contributed by atoms with van der Waals surface area (Å²) in [7, 11) is 1.93. The number of pyridine rings is 1. The van der Waals surface area contributed by atoms with Gasteiger partial charge in [-0.1, -0.05) is 6.07 Å². The van der Waals surface area contributed by atoms with Crippen molar-refractivity contribution in [3.8, 4) is 0 Å². The van der Waals surface area contributed by atoms with Crippen LogP contribution in [0.25, 0.3) is 0 Å². The van der Waals surface area contributed by atoms with Crippen LogP contribution in [0.15, 0.2) is 42.7 Å². The van der Waals surface area contributed by atoms with Gasteiger partial charge in [0, 0.05) is 31.7 Å². The van der Waals surface area contributed by atoms with Gasteiger partial charge in [-0.3, -0.25) is 23.9 Å². The maximum Gasteiger partial charge on any atom is 0.255 e. The minimum atomic E-state index is -0.313. The molecule has 5 nitrogen and oxygen atoms in total. The predicted octanol–water partition coefficient (Wildman–Crippen LogP) is 1.18. The molecule has 0 aromatic carbocycles. The van der Waals surface area contributed by atoms with Gasteiger partial charge in [0.25, 0.3) is 11.8 Å². The molecule has 0 saturated heterocycles. The molecular weight excluding hydrogens is 238 g/mol. The van der Waals surface area contributed by atoms with Gasteiger partial charge >= 0.3 is 0 Å². The van der Waals surface area contributed by atoms with Gasteiger partial charge in [-0.2, -0.15) is 0 Å². The van der Waals surface area contributed by atoms with Crippen LogP contribution in [0.3, 0.4) is 0 Å². The third kappa shape index (κ3) is 5.86. The number of carbonyl (C=O) groups is 2. The molecule has 0 aliphatic carbocycles. The van der Waals surface area contributed by atoms with Crippen LogP contribution in [0.1, 0.15) is 0 Å². The van der Waals surface area contributed by atoms with Crippen LogP contribution in [0.5, 0.6) is 0 Å². The zero-order valence-electron chi connectivity index (χ0n) is 10.2. The van der Waals surface area contributed by atoms with Crippen LogP contribution in [0.2, 0.25) is 0 Å². The van der Waals surface area contributed by atoms with E-state index in [1.165, 1.54) is 19.3 Å². The first-order chi connectivity index (χ1) is 8.75. The fourth-order valence-corrected chi connectivity index (χ4v) is 1.00. The first-order valence-corrected chi connectivity index (χ1v) is 5.01. The number of imide groups is 1. The van der Waals surface area contributed by atoms with Crippen molar-refractivity contribution in [1.82, 2.24) is 9.88 Å². The van der Waals surface area contributed by atoms with Crippen molar-refractivity contribution in [2.45, 2.75) is 0 Å². The zero-order chi connectivity index (χ0) is 13.8. The zero-order valence-corrected chi connectivity index (χ0v) is 10.2. The van der Waals surface area contributed by atoms with Crippen LogP contribution in [-0.4, -0.2) is 42.7 Å². The largest absolute Gasteiger partial charge is 0.364 e. The van der Waals surface area contributed by atoms with Gasteiger partial charge in [-0.05, 0) is 12.1 Å². The molecule has 0 radical (unpaired) electrons. The third-order valence-electron chi connectivity index (χ3n) is 1.73. The standard InChI is InChI=1S/C6H7NO3.C5H5N.CH3F/c1-10-4-7-5(8)2-3-6(7)9;1-2-4-6-5-3-1;1-2/h2-3H,4H2,1H3;1-5H;1H3/i;;2-1. The van der Waals surface area contributed by atoms with E-state index in [9.17, 15) is 14.0 Å². The van der Waals surface area contributed by atoms with E-state index < -0.39 is 0 Å². The topological polar surface area (TPSA) is 59.5 Å². The normalized spacial score (nSPS) is 12.5. The summed E-state index contributed by atoms with van der Waals surface area (Å²) < 4.78 is 14.1. The molecule has 0 N–H and O–H groups in total. The maximum atomic E-state index is 10.7. The SMILES string of the molecule is COCN1C(=O)C=CC1=O.C[18F].c1ccncc1. The Morgan fingerprint density at radius 2 is 1.61 bits per heavy atom. The van der Waals surface area contributed by atoms with E-state index in [4.69, 9.17) is 0 Å². The number of ether oxygens (including phenoxy) is 1. The fourth-order valence-electron chi connectivity index (χ4n) is 1.00. The van der Waals surface area contributed by atoms with E-state index in [-0.39, 0.29) is 18.5 Å². The molecule has 0 atom stereocenters. The summed E-state index contributed by atoms with van der Waals surface area (Å²) >= 11 is 0. The van der Waals surface area contributed by atoms with Gasteiger partial charge in [-0.25, -0.2) is 0 Å². The van der Waals surface area contributed by atoms with E-state index in [0.29, 0.717) is 7.18 Å². The minimum absolute atomic E-state index is 0.0324. The van der Waals surface area contributed by atoms with Crippen molar-refractivity contribution < 1.29 is 18.7 Å². The number of hydrogen-bond acceptors (Lipinski definition) is 4. The Balaban J connectivity index is 0.000000308. The Kier molecular flexibility index (Phi) is 8.93. The van der Waals surface area contributed by atoms with Crippen molar-refractivity contribution in [3.05, 3.63) is 42.7 Å². The summed E-state index contributed by atoms with van der Waals surface area (Å²) in [6.45, 7) is 0.0324. The molecule has 6 heteroatoms. The molecule has 98 valence electrons. The Labute approximate surface area is 105 Å². The number of nitrogens with zero attached hydrogens (tertiary/aromatic N) is 2. The number of amides is 2. The molecule has 0 spiro atoms. The molecular formula is C12H15FN2O3. The van der Waals surface area contributed by atoms with Crippen molar-refractivity contribution in [3.63, 3.8) is 0 Å². The summed E-state index contributed by atoms with van der Waals surface area (Å²) in [6.07, 6.45) is 5.95. The van der Waals surface area contributed by atoms with Gasteiger partial charge in [0.2, 0.25) is 0 Å². The predicted molar refractivity (Wildman–Crippen MR) is 64.1 cm³/mol. The first kappa shape index (κ1) is 15.9. The molecule has 2 heterocycles. The van der Waals surface area contributed by atoms with E-state index in [1.54, 1.807) is 12.4 Å². The van der Waals surface area contributed by atoms with Gasteiger partial charge in [-0.15, -0.1) is 0 Å². The highest BCUT2D eigenvalue weighted by Crippen LogP contribution is 2.01. The van der Waals surface area contributed by atoms with Gasteiger partial charge in [0.05, 0.1) is 7.18 Å². The summed E-state index contributed by atoms with van der Waals surface area (Å²) in [6, 6.07) is 5.72. The van der Waals surface area contributed by atoms with Crippen molar-refractivity contribution >= 4 is 11.8 Å². The second kappa shape index (κ2) is 10.1. The van der Waals surface area contributed by atoms with E-state index in [1.807, 2.05) is 18.2 Å². The lowest BCUT2D eigenvalue weighted by molar-refractivity contribution is -0.141. The molecule has 2 rings (SSSR count).